The van der Waals surface area contributed by atoms with Crippen LogP contribution in [-0.4, -0.2) is 112 Å². The Morgan fingerprint density at radius 2 is 0.679 bits per heavy atom. The van der Waals surface area contributed by atoms with Crippen LogP contribution in [0.25, 0.3) is 0 Å². The number of nitrogens with two attached hydrogens (primary N) is 1. The molecular weight excluding hydrogens is 370 g/mol. The molecule has 0 radical (unpaired) electrons. The van der Waals surface area contributed by atoms with Crippen molar-refractivity contribution in [2.75, 3.05) is 112 Å². The number of hydrogen-bond donors (Lipinski definition) is 1. The Balaban J connectivity index is 2.97. The largest absolute Gasteiger partial charge is 0.378 e. The van der Waals surface area contributed by atoms with Crippen LogP contribution in [0.5, 0.6) is 0 Å². The molecule has 0 aromatic rings. The van der Waals surface area contributed by atoms with E-state index in [1.165, 1.54) is 0 Å². The third-order valence-corrected chi connectivity index (χ3v) is 3.05. The van der Waals surface area contributed by atoms with Crippen molar-refractivity contribution in [3.05, 3.63) is 0 Å². The highest BCUT2D eigenvalue weighted by Gasteiger charge is 1.94. The highest BCUT2D eigenvalue weighted by Crippen LogP contribution is 1.85. The van der Waals surface area contributed by atoms with Crippen molar-refractivity contribution in [1.29, 1.82) is 0 Å². The third kappa shape index (κ3) is 25.2. The normalized spacial score (nSPS) is 11.0. The monoisotopic (exact) mass is 407 g/mol. The molecule has 0 saturated carbocycles. The van der Waals surface area contributed by atoms with Crippen molar-refractivity contribution < 1.29 is 37.9 Å². The zero-order chi connectivity index (χ0) is 20.4. The minimum absolute atomic E-state index is 0.315. The van der Waals surface area contributed by atoms with Crippen LogP contribution in [-0.2, 0) is 37.9 Å². The predicted octanol–water partition coefficient (Wildman–Crippen LogP) is -0.289. The Labute approximate surface area is 169 Å². The van der Waals surface area contributed by atoms with E-state index in [-0.39, 0.29) is 0 Å². The van der Waals surface area contributed by atoms with E-state index in [4.69, 9.17) is 50.1 Å². The molecule has 0 aromatic heterocycles. The van der Waals surface area contributed by atoms with Gasteiger partial charge >= 0.3 is 0 Å². The second-order valence-electron chi connectivity index (χ2n) is 5.33. The molecular formula is C19H37NO8. The van der Waals surface area contributed by atoms with Gasteiger partial charge in [-0.05, 0) is 0 Å². The average Bonchev–Trinajstić information content (AvgIpc) is 2.71. The summed E-state index contributed by atoms with van der Waals surface area (Å²) in [4.78, 5) is 0. The van der Waals surface area contributed by atoms with Gasteiger partial charge in [0.2, 0.25) is 0 Å². The first-order chi connectivity index (χ1) is 13.9. The van der Waals surface area contributed by atoms with Gasteiger partial charge in [0.1, 0.15) is 6.61 Å². The van der Waals surface area contributed by atoms with Crippen molar-refractivity contribution in [2.45, 2.75) is 0 Å². The molecule has 0 unspecified atom stereocenters. The van der Waals surface area contributed by atoms with E-state index in [1.807, 2.05) is 0 Å². The fourth-order valence-corrected chi connectivity index (χ4v) is 1.75. The number of rotatable bonds is 24. The van der Waals surface area contributed by atoms with Gasteiger partial charge in [0.05, 0.1) is 99.1 Å². The summed E-state index contributed by atoms with van der Waals surface area (Å²) in [6.07, 6.45) is 5.05. The Kier molecular flexibility index (Phi) is 25.5. The van der Waals surface area contributed by atoms with Gasteiger partial charge in [-0.1, -0.05) is 5.92 Å². The minimum Gasteiger partial charge on any atom is -0.378 e. The van der Waals surface area contributed by atoms with Crippen molar-refractivity contribution in [3.8, 4) is 12.3 Å². The van der Waals surface area contributed by atoms with Crippen LogP contribution in [0.1, 0.15) is 0 Å². The van der Waals surface area contributed by atoms with Crippen LogP contribution >= 0.6 is 0 Å². The summed E-state index contributed by atoms with van der Waals surface area (Å²) in [5.41, 5.74) is 5.30. The van der Waals surface area contributed by atoms with Gasteiger partial charge in [-0.3, -0.25) is 0 Å². The Morgan fingerprint density at radius 1 is 0.429 bits per heavy atom. The topological polar surface area (TPSA) is 99.9 Å². The van der Waals surface area contributed by atoms with Crippen molar-refractivity contribution >= 4 is 0 Å². The second-order valence-corrected chi connectivity index (χ2v) is 5.33. The molecule has 0 spiro atoms. The van der Waals surface area contributed by atoms with E-state index in [1.54, 1.807) is 0 Å². The smallest absolute Gasteiger partial charge is 0.107 e. The summed E-state index contributed by atoms with van der Waals surface area (Å²) >= 11 is 0. The molecule has 2 N–H and O–H groups in total. The highest BCUT2D eigenvalue weighted by atomic mass is 16.6. The lowest BCUT2D eigenvalue weighted by Crippen LogP contribution is -2.15. The van der Waals surface area contributed by atoms with Gasteiger partial charge in [0.25, 0.3) is 0 Å². The molecule has 0 rings (SSSR count). The van der Waals surface area contributed by atoms with Gasteiger partial charge in [-0.25, -0.2) is 0 Å². The fraction of sp³-hybridized carbons (Fsp3) is 0.895. The maximum absolute atomic E-state index is 5.40. The van der Waals surface area contributed by atoms with E-state index < -0.39 is 0 Å². The standard InChI is InChI=1S/C19H37NO8/c1-2-4-21-6-8-23-10-12-25-14-16-27-18-19-28-17-15-26-13-11-24-9-7-22-5-3-20/h1H,3-20H2. The zero-order valence-corrected chi connectivity index (χ0v) is 16.9. The summed E-state index contributed by atoms with van der Waals surface area (Å²) < 4.78 is 42.4. The number of hydrogen-bond acceptors (Lipinski definition) is 9. The first kappa shape index (κ1) is 27.2. The molecule has 0 heterocycles. The molecule has 0 fully saturated rings. The van der Waals surface area contributed by atoms with Crippen LogP contribution in [0.4, 0.5) is 0 Å². The van der Waals surface area contributed by atoms with E-state index in [2.05, 4.69) is 5.92 Å². The molecule has 0 aromatic carbocycles. The summed E-state index contributed by atoms with van der Waals surface area (Å²) in [7, 11) is 0. The average molecular weight is 408 g/mol. The maximum atomic E-state index is 5.40. The summed E-state index contributed by atoms with van der Waals surface area (Å²) in [5.74, 6) is 2.39. The van der Waals surface area contributed by atoms with Crippen molar-refractivity contribution in [2.24, 2.45) is 5.73 Å². The first-order valence-electron chi connectivity index (χ1n) is 9.67. The molecule has 0 saturated heterocycles. The molecule has 166 valence electrons. The lowest BCUT2D eigenvalue weighted by atomic mass is 10.6. The van der Waals surface area contributed by atoms with Crippen LogP contribution in [0.3, 0.4) is 0 Å². The highest BCUT2D eigenvalue weighted by molar-refractivity contribution is 4.82. The molecule has 0 aliphatic carbocycles. The number of terminal acetylenes is 1. The van der Waals surface area contributed by atoms with Crippen LogP contribution < -0.4 is 5.73 Å². The molecule has 9 nitrogen and oxygen atoms in total. The maximum Gasteiger partial charge on any atom is 0.107 e. The van der Waals surface area contributed by atoms with Crippen LogP contribution in [0.2, 0.25) is 0 Å². The van der Waals surface area contributed by atoms with Crippen molar-refractivity contribution in [3.63, 3.8) is 0 Å². The predicted molar refractivity (Wildman–Crippen MR) is 104 cm³/mol. The lowest BCUT2D eigenvalue weighted by molar-refractivity contribution is -0.0223. The fourth-order valence-electron chi connectivity index (χ4n) is 1.75. The summed E-state index contributed by atoms with van der Waals surface area (Å²) in [6.45, 7) is 8.82. The SMILES string of the molecule is C#CCOCCOCCOCCOCCOCCOCCOCCOCCN. The van der Waals surface area contributed by atoms with Crippen LogP contribution in [0.15, 0.2) is 0 Å². The number of ether oxygens (including phenoxy) is 8. The minimum atomic E-state index is 0.315. The Bertz CT molecular complexity index is 328. The van der Waals surface area contributed by atoms with Gasteiger partial charge in [0.15, 0.2) is 0 Å². The van der Waals surface area contributed by atoms with E-state index in [0.29, 0.717) is 112 Å². The van der Waals surface area contributed by atoms with E-state index in [0.717, 1.165) is 0 Å². The molecule has 9 heteroatoms. The van der Waals surface area contributed by atoms with E-state index in [9.17, 15) is 0 Å². The molecule has 0 aliphatic heterocycles. The lowest BCUT2D eigenvalue weighted by Gasteiger charge is -2.08. The Morgan fingerprint density at radius 3 is 0.929 bits per heavy atom. The summed E-state index contributed by atoms with van der Waals surface area (Å²) in [6, 6.07) is 0. The second kappa shape index (κ2) is 26.2. The van der Waals surface area contributed by atoms with Crippen molar-refractivity contribution in [1.82, 2.24) is 0 Å². The zero-order valence-electron chi connectivity index (χ0n) is 16.9. The van der Waals surface area contributed by atoms with Gasteiger partial charge in [0, 0.05) is 6.54 Å². The Hall–Kier alpha value is -0.800. The third-order valence-electron chi connectivity index (χ3n) is 3.05. The molecule has 0 aliphatic rings. The quantitative estimate of drug-likeness (QED) is 0.171. The molecule has 0 atom stereocenters. The molecule has 0 bridgehead atoms. The van der Waals surface area contributed by atoms with Gasteiger partial charge < -0.3 is 43.6 Å². The van der Waals surface area contributed by atoms with Crippen LogP contribution in [0, 0.1) is 12.3 Å². The van der Waals surface area contributed by atoms with Gasteiger partial charge in [-0.15, -0.1) is 6.42 Å². The van der Waals surface area contributed by atoms with Gasteiger partial charge in [-0.2, -0.15) is 0 Å². The summed E-state index contributed by atoms with van der Waals surface area (Å²) in [5, 5.41) is 0. The first-order valence-corrected chi connectivity index (χ1v) is 9.67. The van der Waals surface area contributed by atoms with E-state index >= 15 is 0 Å². The molecule has 28 heavy (non-hydrogen) atoms. The molecule has 0 amide bonds.